The van der Waals surface area contributed by atoms with Crippen LogP contribution in [0.25, 0.3) is 21.9 Å². The highest BCUT2D eigenvalue weighted by atomic mass is 16.2. The number of benzene rings is 2. The summed E-state index contributed by atoms with van der Waals surface area (Å²) in [6.45, 7) is 3.55. The van der Waals surface area contributed by atoms with Gasteiger partial charge in [0, 0.05) is 30.6 Å². The summed E-state index contributed by atoms with van der Waals surface area (Å²) in [5, 5.41) is 1.06. The highest BCUT2D eigenvalue weighted by molar-refractivity contribution is 6.06. The van der Waals surface area contributed by atoms with E-state index in [4.69, 9.17) is 16.5 Å². The molecule has 32 heavy (non-hydrogen) atoms. The Kier molecular flexibility index (Phi) is 6.54. The molecular weight excluding hydrogens is 400 g/mol. The average molecular weight is 431 g/mol. The maximum Gasteiger partial charge on any atom is 0.319 e. The first-order valence-electron chi connectivity index (χ1n) is 11.3. The van der Waals surface area contributed by atoms with Gasteiger partial charge in [-0.25, -0.2) is 14.8 Å². The van der Waals surface area contributed by atoms with E-state index in [0.717, 1.165) is 72.1 Å². The molecular formula is C25H30N6O. The number of carbonyl (C=O) groups excluding carboxylic acids is 1. The molecule has 4 rings (SSSR count). The molecule has 0 saturated heterocycles. The summed E-state index contributed by atoms with van der Waals surface area (Å²) in [5.74, 6) is 1.51. The van der Waals surface area contributed by atoms with Crippen molar-refractivity contribution >= 4 is 39.5 Å². The second-order valence-electron chi connectivity index (χ2n) is 8.03. The van der Waals surface area contributed by atoms with Crippen molar-refractivity contribution in [1.82, 2.24) is 14.5 Å². The van der Waals surface area contributed by atoms with Gasteiger partial charge in [0.1, 0.15) is 11.3 Å². The summed E-state index contributed by atoms with van der Waals surface area (Å²) in [5.41, 5.74) is 15.4. The number of anilines is 2. The van der Waals surface area contributed by atoms with E-state index in [-0.39, 0.29) is 0 Å². The number of amides is 2. The Morgan fingerprint density at radius 2 is 1.75 bits per heavy atom. The molecule has 2 amide bonds. The number of hydrogen-bond donors (Lipinski definition) is 2. The summed E-state index contributed by atoms with van der Waals surface area (Å²) >= 11 is 0. The van der Waals surface area contributed by atoms with Gasteiger partial charge < -0.3 is 16.0 Å². The molecule has 4 N–H and O–H groups in total. The second-order valence-corrected chi connectivity index (χ2v) is 8.03. The smallest absolute Gasteiger partial charge is 0.319 e. The molecule has 2 aromatic carbocycles. The van der Waals surface area contributed by atoms with Crippen LogP contribution in [0.15, 0.2) is 54.6 Å². The van der Waals surface area contributed by atoms with E-state index >= 15 is 0 Å². The number of imidazole rings is 1. The van der Waals surface area contributed by atoms with Crippen LogP contribution in [-0.2, 0) is 13.0 Å². The number of unbranched alkanes of at least 4 members (excludes halogenated alkanes) is 2. The third-order valence-corrected chi connectivity index (χ3v) is 5.79. The molecule has 4 aromatic rings. The van der Waals surface area contributed by atoms with Gasteiger partial charge in [-0.1, -0.05) is 49.7 Å². The van der Waals surface area contributed by atoms with Crippen LogP contribution in [0, 0.1) is 0 Å². The Labute approximate surface area is 188 Å². The monoisotopic (exact) mass is 430 g/mol. The molecule has 7 nitrogen and oxygen atoms in total. The van der Waals surface area contributed by atoms with E-state index in [9.17, 15) is 4.79 Å². The molecule has 0 radical (unpaired) electrons. The third kappa shape index (κ3) is 4.37. The lowest BCUT2D eigenvalue weighted by molar-refractivity contribution is 0.253. The Bertz CT molecular complexity index is 1220. The molecule has 2 aromatic heterocycles. The van der Waals surface area contributed by atoms with E-state index in [2.05, 4.69) is 22.5 Å². The lowest BCUT2D eigenvalue weighted by Gasteiger charge is -2.20. The number of urea groups is 1. The molecule has 0 unspecified atom stereocenters. The topological polar surface area (TPSA) is 103 Å². The number of nitrogens with zero attached hydrogens (tertiary/aromatic N) is 4. The largest absolute Gasteiger partial charge is 0.382 e. The van der Waals surface area contributed by atoms with E-state index in [1.54, 1.807) is 4.90 Å². The molecule has 0 saturated carbocycles. The quantitative estimate of drug-likeness (QED) is 0.370. The SMILES string of the molecule is CCCCc1nc2c(N)nc3ccccc3c2n1CCCCN(C(N)=O)c1ccccc1. The van der Waals surface area contributed by atoms with E-state index in [0.29, 0.717) is 12.4 Å². The maximum atomic E-state index is 12.0. The van der Waals surface area contributed by atoms with Crippen molar-refractivity contribution in [2.75, 3.05) is 17.2 Å². The van der Waals surface area contributed by atoms with Crippen molar-refractivity contribution in [3.8, 4) is 0 Å². The number of aromatic nitrogens is 3. The normalized spacial score (nSPS) is 11.3. The van der Waals surface area contributed by atoms with Gasteiger partial charge >= 0.3 is 6.03 Å². The average Bonchev–Trinajstić information content (AvgIpc) is 3.17. The number of carbonyl (C=O) groups is 1. The molecule has 7 heteroatoms. The fraction of sp³-hybridized carbons (Fsp3) is 0.320. The number of pyridine rings is 1. The predicted octanol–water partition coefficient (Wildman–Crippen LogP) is 4.87. The lowest BCUT2D eigenvalue weighted by Crippen LogP contribution is -2.36. The van der Waals surface area contributed by atoms with Crippen LogP contribution in [0.2, 0.25) is 0 Å². The van der Waals surface area contributed by atoms with Gasteiger partial charge in [-0.05, 0) is 37.5 Å². The number of nitrogens with two attached hydrogens (primary N) is 2. The minimum atomic E-state index is -0.433. The Morgan fingerprint density at radius 3 is 2.50 bits per heavy atom. The van der Waals surface area contributed by atoms with E-state index in [1.807, 2.05) is 48.5 Å². The standard InChI is InChI=1S/C25H30N6O/c1-2-3-15-21-29-22-23(19-13-7-8-14-20(19)28-24(22)26)31(21)17-10-9-16-30(25(27)32)18-11-5-4-6-12-18/h4-8,11-14H,2-3,9-10,15-17H2,1H3,(H2,26,28)(H2,27,32). The first-order valence-corrected chi connectivity index (χ1v) is 11.3. The second kappa shape index (κ2) is 9.68. The first kappa shape index (κ1) is 21.6. The highest BCUT2D eigenvalue weighted by Crippen LogP contribution is 2.29. The van der Waals surface area contributed by atoms with Gasteiger partial charge in [0.05, 0.1) is 11.0 Å². The Balaban J connectivity index is 1.59. The molecule has 0 aliphatic heterocycles. The van der Waals surface area contributed by atoms with Crippen molar-refractivity contribution < 1.29 is 4.79 Å². The van der Waals surface area contributed by atoms with Crippen LogP contribution < -0.4 is 16.4 Å². The van der Waals surface area contributed by atoms with Gasteiger partial charge in [-0.3, -0.25) is 4.90 Å². The fourth-order valence-electron chi connectivity index (χ4n) is 4.19. The first-order chi connectivity index (χ1) is 15.6. The van der Waals surface area contributed by atoms with Crippen LogP contribution >= 0.6 is 0 Å². The van der Waals surface area contributed by atoms with Crippen LogP contribution in [-0.4, -0.2) is 27.1 Å². The summed E-state index contributed by atoms with van der Waals surface area (Å²) in [6.07, 6.45) is 4.78. The van der Waals surface area contributed by atoms with Crippen molar-refractivity contribution in [1.29, 1.82) is 0 Å². The van der Waals surface area contributed by atoms with Gasteiger partial charge in [0.15, 0.2) is 5.82 Å². The summed E-state index contributed by atoms with van der Waals surface area (Å²) in [4.78, 5) is 23.0. The van der Waals surface area contributed by atoms with Crippen molar-refractivity contribution in [2.24, 2.45) is 5.73 Å². The molecule has 2 heterocycles. The zero-order chi connectivity index (χ0) is 22.5. The molecule has 0 aliphatic rings. The Morgan fingerprint density at radius 1 is 1.00 bits per heavy atom. The zero-order valence-corrected chi connectivity index (χ0v) is 18.5. The molecule has 0 spiro atoms. The summed E-state index contributed by atoms with van der Waals surface area (Å²) < 4.78 is 2.29. The predicted molar refractivity (Wildman–Crippen MR) is 131 cm³/mol. The van der Waals surface area contributed by atoms with E-state index < -0.39 is 6.03 Å². The van der Waals surface area contributed by atoms with Crippen molar-refractivity contribution in [2.45, 2.75) is 45.6 Å². The van der Waals surface area contributed by atoms with Gasteiger partial charge in [-0.15, -0.1) is 0 Å². The van der Waals surface area contributed by atoms with Crippen LogP contribution in [0.3, 0.4) is 0 Å². The van der Waals surface area contributed by atoms with Crippen LogP contribution in [0.4, 0.5) is 16.3 Å². The number of rotatable bonds is 9. The highest BCUT2D eigenvalue weighted by Gasteiger charge is 2.17. The third-order valence-electron chi connectivity index (χ3n) is 5.79. The minimum absolute atomic E-state index is 0.433. The number of nitrogen functional groups attached to an aromatic ring is 1. The molecule has 166 valence electrons. The summed E-state index contributed by atoms with van der Waals surface area (Å²) in [6, 6.07) is 17.2. The number of para-hydroxylation sites is 2. The van der Waals surface area contributed by atoms with E-state index in [1.165, 1.54) is 0 Å². The number of aryl methyl sites for hydroxylation is 2. The zero-order valence-electron chi connectivity index (χ0n) is 18.5. The molecule has 0 bridgehead atoms. The maximum absolute atomic E-state index is 12.0. The molecule has 0 aliphatic carbocycles. The van der Waals surface area contributed by atoms with Gasteiger partial charge in [0.2, 0.25) is 0 Å². The molecule has 0 fully saturated rings. The number of fused-ring (bicyclic) bond motifs is 3. The van der Waals surface area contributed by atoms with Crippen LogP contribution in [0.5, 0.6) is 0 Å². The minimum Gasteiger partial charge on any atom is -0.382 e. The number of hydrogen-bond acceptors (Lipinski definition) is 4. The fourth-order valence-corrected chi connectivity index (χ4v) is 4.19. The van der Waals surface area contributed by atoms with Gasteiger partial charge in [-0.2, -0.15) is 0 Å². The summed E-state index contributed by atoms with van der Waals surface area (Å²) in [7, 11) is 0. The van der Waals surface area contributed by atoms with Crippen molar-refractivity contribution in [3.63, 3.8) is 0 Å². The van der Waals surface area contributed by atoms with Gasteiger partial charge in [0.25, 0.3) is 0 Å². The van der Waals surface area contributed by atoms with Crippen LogP contribution in [0.1, 0.15) is 38.4 Å². The Hall–Kier alpha value is -3.61. The lowest BCUT2D eigenvalue weighted by atomic mass is 10.1. The number of primary amides is 1. The molecule has 0 atom stereocenters. The van der Waals surface area contributed by atoms with Crippen molar-refractivity contribution in [3.05, 3.63) is 60.4 Å².